The van der Waals surface area contributed by atoms with Crippen molar-refractivity contribution in [3.63, 3.8) is 0 Å². The number of nitrogens with two attached hydrogens (primary N) is 1. The van der Waals surface area contributed by atoms with E-state index in [9.17, 15) is 15.3 Å². The highest BCUT2D eigenvalue weighted by atomic mass is 16.3. The van der Waals surface area contributed by atoms with Crippen molar-refractivity contribution in [2.45, 2.75) is 69.1 Å². The molecule has 212 valence electrons. The fraction of sp³-hybridized carbons (Fsp3) is 0.351. The van der Waals surface area contributed by atoms with Crippen molar-refractivity contribution in [3.8, 4) is 0 Å². The Kier molecular flexibility index (Phi) is 7.77. The van der Waals surface area contributed by atoms with Gasteiger partial charge in [0, 0.05) is 23.2 Å². The lowest BCUT2D eigenvalue weighted by Crippen LogP contribution is -2.42. The number of hydrogen-bond acceptors (Lipinski definition) is 4. The summed E-state index contributed by atoms with van der Waals surface area (Å²) in [6.45, 7) is 0.752. The summed E-state index contributed by atoms with van der Waals surface area (Å²) >= 11 is 0. The molecule has 3 unspecified atom stereocenters. The molecule has 5 N–H and O–H groups in total. The first kappa shape index (κ1) is 27.4. The molecule has 4 heteroatoms. The van der Waals surface area contributed by atoms with Crippen LogP contribution in [0.1, 0.15) is 103 Å². The van der Waals surface area contributed by atoms with Crippen molar-refractivity contribution in [2.75, 3.05) is 6.54 Å². The number of hydrogen-bond donors (Lipinski definition) is 4. The lowest BCUT2D eigenvalue weighted by Gasteiger charge is -2.49. The molecule has 41 heavy (non-hydrogen) atoms. The summed E-state index contributed by atoms with van der Waals surface area (Å²) in [5.41, 5.74) is 11.1. The Bertz CT molecular complexity index is 1340. The van der Waals surface area contributed by atoms with Gasteiger partial charge in [-0.05, 0) is 71.0 Å². The van der Waals surface area contributed by atoms with E-state index in [0.29, 0.717) is 17.3 Å². The first-order chi connectivity index (χ1) is 20.1. The predicted molar refractivity (Wildman–Crippen MR) is 168 cm³/mol. The molecule has 0 bridgehead atoms. The number of allylic oxidation sites excluding steroid dienone is 3. The smallest absolute Gasteiger partial charge is 0.101 e. The van der Waals surface area contributed by atoms with E-state index < -0.39 is 5.41 Å². The zero-order valence-electron chi connectivity index (χ0n) is 23.7. The van der Waals surface area contributed by atoms with Gasteiger partial charge in [0.2, 0.25) is 0 Å². The highest BCUT2D eigenvalue weighted by molar-refractivity contribution is 5.72. The van der Waals surface area contributed by atoms with Crippen LogP contribution >= 0.6 is 0 Å². The normalized spacial score (nSPS) is 21.9. The molecule has 0 aromatic heterocycles. The second-order valence-electron chi connectivity index (χ2n) is 12.0. The summed E-state index contributed by atoms with van der Waals surface area (Å²) in [6, 6.07) is 24.6. The first-order valence-electron chi connectivity index (χ1n) is 15.2. The molecular formula is C37H41NO3. The molecule has 3 aromatic rings. The van der Waals surface area contributed by atoms with Crippen molar-refractivity contribution in [3.05, 3.63) is 123 Å². The van der Waals surface area contributed by atoms with Gasteiger partial charge in [-0.1, -0.05) is 111 Å². The minimum atomic E-state index is -0.743. The lowest BCUT2D eigenvalue weighted by atomic mass is 9.53. The van der Waals surface area contributed by atoms with Crippen molar-refractivity contribution in [1.82, 2.24) is 0 Å². The quantitative estimate of drug-likeness (QED) is 0.170. The van der Waals surface area contributed by atoms with E-state index in [1.807, 2.05) is 72.8 Å². The zero-order chi connectivity index (χ0) is 28.4. The number of aliphatic hydroxyl groups excluding tert-OH is 3. The van der Waals surface area contributed by atoms with Crippen LogP contribution in [0.2, 0.25) is 0 Å². The molecule has 0 fully saturated rings. The molecule has 0 heterocycles. The topological polar surface area (TPSA) is 86.7 Å². The van der Waals surface area contributed by atoms with Crippen molar-refractivity contribution in [1.29, 1.82) is 0 Å². The van der Waals surface area contributed by atoms with E-state index in [0.717, 1.165) is 72.0 Å². The van der Waals surface area contributed by atoms with Crippen LogP contribution < -0.4 is 5.73 Å². The summed E-state index contributed by atoms with van der Waals surface area (Å²) in [5, 5.41) is 35.4. The second kappa shape index (κ2) is 11.6. The highest BCUT2D eigenvalue weighted by Gasteiger charge is 2.59. The van der Waals surface area contributed by atoms with Gasteiger partial charge in [0.1, 0.15) is 17.3 Å². The van der Waals surface area contributed by atoms with E-state index in [4.69, 9.17) is 5.73 Å². The SMILES string of the molecule is NCCCCCCCCCC(C1C(O)=Cc2ccccc21)(C1C(O)=Cc2ccccc21)C1C(O)=Cc2ccccc21. The Hall–Kier alpha value is -3.76. The van der Waals surface area contributed by atoms with Crippen LogP contribution in [0.4, 0.5) is 0 Å². The Balaban J connectivity index is 1.49. The summed E-state index contributed by atoms with van der Waals surface area (Å²) < 4.78 is 0. The molecule has 6 rings (SSSR count). The lowest BCUT2D eigenvalue weighted by molar-refractivity contribution is 0.0910. The van der Waals surface area contributed by atoms with E-state index in [2.05, 4.69) is 18.2 Å². The molecule has 0 saturated heterocycles. The molecule has 0 radical (unpaired) electrons. The average Bonchev–Trinajstić information content (AvgIpc) is 3.62. The van der Waals surface area contributed by atoms with E-state index in [-0.39, 0.29) is 17.8 Å². The average molecular weight is 548 g/mol. The van der Waals surface area contributed by atoms with Crippen LogP contribution in [0.3, 0.4) is 0 Å². The maximum atomic E-state index is 11.8. The Morgan fingerprint density at radius 3 is 1.22 bits per heavy atom. The Morgan fingerprint density at radius 2 is 0.829 bits per heavy atom. The van der Waals surface area contributed by atoms with Gasteiger partial charge in [-0.2, -0.15) is 0 Å². The maximum Gasteiger partial charge on any atom is 0.101 e. The van der Waals surface area contributed by atoms with Crippen LogP contribution in [-0.2, 0) is 0 Å². The monoisotopic (exact) mass is 547 g/mol. The van der Waals surface area contributed by atoms with Crippen LogP contribution in [0.25, 0.3) is 18.2 Å². The number of benzene rings is 3. The zero-order valence-corrected chi connectivity index (χ0v) is 23.7. The predicted octanol–water partition coefficient (Wildman–Crippen LogP) is 9.14. The van der Waals surface area contributed by atoms with Crippen molar-refractivity contribution in [2.24, 2.45) is 11.1 Å². The van der Waals surface area contributed by atoms with Crippen molar-refractivity contribution < 1.29 is 15.3 Å². The van der Waals surface area contributed by atoms with E-state index in [1.54, 1.807) is 0 Å². The molecule has 3 aliphatic rings. The van der Waals surface area contributed by atoms with Gasteiger partial charge in [0.15, 0.2) is 0 Å². The van der Waals surface area contributed by atoms with Gasteiger partial charge >= 0.3 is 0 Å². The van der Waals surface area contributed by atoms with E-state index >= 15 is 0 Å². The summed E-state index contributed by atoms with van der Waals surface area (Å²) in [5.74, 6) is -0.239. The summed E-state index contributed by atoms with van der Waals surface area (Å²) in [6.07, 6.45) is 14.1. The van der Waals surface area contributed by atoms with Crippen LogP contribution in [-0.4, -0.2) is 21.9 Å². The largest absolute Gasteiger partial charge is 0.512 e. The third-order valence-electron chi connectivity index (χ3n) is 9.64. The molecule has 3 atom stereocenters. The summed E-state index contributed by atoms with van der Waals surface area (Å²) in [4.78, 5) is 0. The molecule has 4 nitrogen and oxygen atoms in total. The number of unbranched alkanes of at least 4 members (excludes halogenated alkanes) is 6. The second-order valence-corrected chi connectivity index (χ2v) is 12.0. The van der Waals surface area contributed by atoms with Gasteiger partial charge in [0.25, 0.3) is 0 Å². The molecule has 3 aromatic carbocycles. The Morgan fingerprint density at radius 1 is 0.488 bits per heavy atom. The molecule has 0 spiro atoms. The van der Waals surface area contributed by atoms with Gasteiger partial charge < -0.3 is 21.1 Å². The number of aliphatic hydroxyl groups is 3. The number of fused-ring (bicyclic) bond motifs is 3. The molecule has 0 amide bonds. The molecular weight excluding hydrogens is 506 g/mol. The fourth-order valence-corrected chi connectivity index (χ4v) is 8.01. The maximum absolute atomic E-state index is 11.8. The third-order valence-corrected chi connectivity index (χ3v) is 9.64. The Labute approximate surface area is 243 Å². The molecule has 0 aliphatic heterocycles. The highest BCUT2D eigenvalue weighted by Crippen LogP contribution is 2.68. The fourth-order valence-electron chi connectivity index (χ4n) is 8.01. The van der Waals surface area contributed by atoms with Crippen LogP contribution in [0.15, 0.2) is 90.1 Å². The van der Waals surface area contributed by atoms with Crippen LogP contribution in [0.5, 0.6) is 0 Å². The van der Waals surface area contributed by atoms with Gasteiger partial charge in [-0.3, -0.25) is 0 Å². The summed E-state index contributed by atoms with van der Waals surface area (Å²) in [7, 11) is 0. The molecule has 3 aliphatic carbocycles. The van der Waals surface area contributed by atoms with Gasteiger partial charge in [-0.15, -0.1) is 0 Å². The van der Waals surface area contributed by atoms with Gasteiger partial charge in [0.05, 0.1) is 0 Å². The molecule has 0 saturated carbocycles. The van der Waals surface area contributed by atoms with Gasteiger partial charge in [-0.25, -0.2) is 0 Å². The first-order valence-corrected chi connectivity index (χ1v) is 15.2. The van der Waals surface area contributed by atoms with Crippen LogP contribution in [0, 0.1) is 5.41 Å². The van der Waals surface area contributed by atoms with Crippen molar-refractivity contribution >= 4 is 18.2 Å². The third kappa shape index (κ3) is 4.78. The minimum absolute atomic E-state index is 0.308. The standard InChI is InChI=1S/C37H41NO3/c38-21-13-5-3-1-2-4-12-20-37(34-28-17-9-6-14-25(28)22-31(34)39,35-29-18-10-7-15-26(29)23-32(35)40)36-30-19-11-8-16-27(30)24-33(36)41/h6-11,14-19,22-24,34-36,39-41H,1-5,12-13,20-21,38H2. The number of rotatable bonds is 12. The minimum Gasteiger partial charge on any atom is -0.512 e. The van der Waals surface area contributed by atoms with E-state index in [1.165, 1.54) is 19.3 Å².